The smallest absolute Gasteiger partial charge is 0.0629 e. The van der Waals surface area contributed by atoms with Gasteiger partial charge in [-0.1, -0.05) is 20.3 Å². The number of hydrogen-bond donors (Lipinski definition) is 2. The van der Waals surface area contributed by atoms with Crippen molar-refractivity contribution in [2.24, 2.45) is 5.73 Å². The van der Waals surface area contributed by atoms with Gasteiger partial charge in [0.2, 0.25) is 0 Å². The topological polar surface area (TPSA) is 58.7 Å². The maximum Gasteiger partial charge on any atom is 0.0629 e. The highest BCUT2D eigenvalue weighted by molar-refractivity contribution is 4.84. The molecule has 0 spiro atoms. The number of nitrogens with two attached hydrogens (primary N) is 1. The van der Waals surface area contributed by atoms with Crippen molar-refractivity contribution in [1.29, 1.82) is 0 Å². The van der Waals surface area contributed by atoms with E-state index >= 15 is 0 Å². The largest absolute Gasteiger partial charge is 0.395 e. The van der Waals surface area contributed by atoms with Gasteiger partial charge >= 0.3 is 0 Å². The molecule has 0 saturated carbocycles. The zero-order chi connectivity index (χ0) is 13.3. The lowest BCUT2D eigenvalue weighted by molar-refractivity contribution is 0.0455. The fourth-order valence-electron chi connectivity index (χ4n) is 2.08. The van der Waals surface area contributed by atoms with Gasteiger partial charge in [-0.3, -0.25) is 4.90 Å². The third-order valence-corrected chi connectivity index (χ3v) is 3.39. The Kier molecular flexibility index (Phi) is 9.74. The van der Waals surface area contributed by atoms with Gasteiger partial charge in [-0.05, 0) is 26.3 Å². The minimum absolute atomic E-state index is 0.00329. The van der Waals surface area contributed by atoms with Crippen LogP contribution in [0.2, 0.25) is 0 Å². The van der Waals surface area contributed by atoms with Crippen molar-refractivity contribution in [3.8, 4) is 0 Å². The molecule has 3 unspecified atom stereocenters. The second kappa shape index (κ2) is 9.83. The first-order valence-corrected chi connectivity index (χ1v) is 6.73. The molecule has 17 heavy (non-hydrogen) atoms. The van der Waals surface area contributed by atoms with Crippen molar-refractivity contribution in [3.63, 3.8) is 0 Å². The summed E-state index contributed by atoms with van der Waals surface area (Å²) >= 11 is 0. The molecule has 0 aliphatic carbocycles. The monoisotopic (exact) mass is 246 g/mol. The van der Waals surface area contributed by atoms with E-state index in [4.69, 9.17) is 10.5 Å². The quantitative estimate of drug-likeness (QED) is 0.608. The molecule has 0 aromatic rings. The minimum atomic E-state index is -0.129. The summed E-state index contributed by atoms with van der Waals surface area (Å²) < 4.78 is 5.09. The van der Waals surface area contributed by atoms with Crippen molar-refractivity contribution in [3.05, 3.63) is 0 Å². The van der Waals surface area contributed by atoms with Crippen LogP contribution in [0, 0.1) is 0 Å². The Morgan fingerprint density at radius 2 is 2.00 bits per heavy atom. The van der Waals surface area contributed by atoms with Gasteiger partial charge in [-0.25, -0.2) is 0 Å². The standard InChI is InChI=1S/C13H30N2O2/c1-5-7-8-15(11(3)6-2)13(9-16)12(14)10-17-4/h11-13,16H,5-10,14H2,1-4H3. The lowest BCUT2D eigenvalue weighted by atomic mass is 10.0. The Hall–Kier alpha value is -0.160. The van der Waals surface area contributed by atoms with E-state index in [1.54, 1.807) is 7.11 Å². The molecular weight excluding hydrogens is 216 g/mol. The van der Waals surface area contributed by atoms with Crippen LogP contribution in [0.25, 0.3) is 0 Å². The summed E-state index contributed by atoms with van der Waals surface area (Å²) in [6.45, 7) is 8.12. The molecule has 0 radical (unpaired) electrons. The molecule has 0 saturated heterocycles. The zero-order valence-electron chi connectivity index (χ0n) is 11.9. The van der Waals surface area contributed by atoms with Gasteiger partial charge in [0.25, 0.3) is 0 Å². The number of hydrogen-bond acceptors (Lipinski definition) is 4. The lowest BCUT2D eigenvalue weighted by Gasteiger charge is -2.38. The van der Waals surface area contributed by atoms with Gasteiger partial charge in [-0.15, -0.1) is 0 Å². The molecule has 0 aliphatic heterocycles. The van der Waals surface area contributed by atoms with Crippen molar-refractivity contribution >= 4 is 0 Å². The average molecular weight is 246 g/mol. The van der Waals surface area contributed by atoms with Crippen LogP contribution in [-0.2, 0) is 4.74 Å². The Morgan fingerprint density at radius 3 is 2.41 bits per heavy atom. The van der Waals surface area contributed by atoms with E-state index in [1.165, 1.54) is 0 Å². The van der Waals surface area contributed by atoms with Gasteiger partial charge in [0.1, 0.15) is 0 Å². The Morgan fingerprint density at radius 1 is 1.35 bits per heavy atom. The predicted octanol–water partition coefficient (Wildman–Crippen LogP) is 1.22. The molecule has 0 bridgehead atoms. The zero-order valence-corrected chi connectivity index (χ0v) is 11.9. The van der Waals surface area contributed by atoms with Crippen LogP contribution in [0.4, 0.5) is 0 Å². The van der Waals surface area contributed by atoms with E-state index < -0.39 is 0 Å². The third kappa shape index (κ3) is 5.82. The molecule has 0 aliphatic rings. The first-order chi connectivity index (χ1) is 8.12. The first-order valence-electron chi connectivity index (χ1n) is 6.73. The van der Waals surface area contributed by atoms with Gasteiger partial charge in [-0.2, -0.15) is 0 Å². The first kappa shape index (κ1) is 16.8. The van der Waals surface area contributed by atoms with Crippen LogP contribution in [0.5, 0.6) is 0 Å². The van der Waals surface area contributed by atoms with E-state index in [0.717, 1.165) is 25.8 Å². The molecule has 4 heteroatoms. The maximum atomic E-state index is 9.56. The highest BCUT2D eigenvalue weighted by atomic mass is 16.5. The van der Waals surface area contributed by atoms with E-state index in [1.807, 2.05) is 0 Å². The van der Waals surface area contributed by atoms with E-state index in [0.29, 0.717) is 12.6 Å². The van der Waals surface area contributed by atoms with Gasteiger partial charge < -0.3 is 15.6 Å². The Balaban J connectivity index is 4.58. The minimum Gasteiger partial charge on any atom is -0.395 e. The number of rotatable bonds is 10. The molecule has 0 heterocycles. The van der Waals surface area contributed by atoms with Crippen molar-refractivity contribution < 1.29 is 9.84 Å². The number of methoxy groups -OCH3 is 1. The summed E-state index contributed by atoms with van der Waals surface area (Å²) in [4.78, 5) is 2.33. The molecule has 0 fully saturated rings. The molecule has 0 aromatic heterocycles. The molecule has 0 aromatic carbocycles. The van der Waals surface area contributed by atoms with Crippen LogP contribution in [0.15, 0.2) is 0 Å². The summed E-state index contributed by atoms with van der Waals surface area (Å²) in [6, 6.07) is 0.314. The van der Waals surface area contributed by atoms with E-state index in [-0.39, 0.29) is 18.7 Å². The van der Waals surface area contributed by atoms with Crippen LogP contribution < -0.4 is 5.73 Å². The maximum absolute atomic E-state index is 9.56. The lowest BCUT2D eigenvalue weighted by Crippen LogP contribution is -2.55. The van der Waals surface area contributed by atoms with Crippen molar-refractivity contribution in [2.45, 2.75) is 58.2 Å². The summed E-state index contributed by atoms with van der Waals surface area (Å²) in [7, 11) is 1.65. The van der Waals surface area contributed by atoms with Crippen LogP contribution in [0.1, 0.15) is 40.0 Å². The number of aliphatic hydroxyl groups excluding tert-OH is 1. The molecular formula is C13H30N2O2. The third-order valence-electron chi connectivity index (χ3n) is 3.39. The second-order valence-corrected chi connectivity index (χ2v) is 4.72. The predicted molar refractivity (Wildman–Crippen MR) is 72.1 cm³/mol. The molecule has 4 nitrogen and oxygen atoms in total. The molecule has 0 rings (SSSR count). The fraction of sp³-hybridized carbons (Fsp3) is 1.00. The van der Waals surface area contributed by atoms with Gasteiger partial charge in [0, 0.05) is 19.2 Å². The van der Waals surface area contributed by atoms with Crippen LogP contribution in [0.3, 0.4) is 0 Å². The van der Waals surface area contributed by atoms with Crippen molar-refractivity contribution in [1.82, 2.24) is 4.90 Å². The van der Waals surface area contributed by atoms with Crippen LogP contribution in [-0.4, -0.2) is 55.0 Å². The summed E-state index contributed by atoms with van der Waals surface area (Å²) in [5.74, 6) is 0. The fourth-order valence-corrected chi connectivity index (χ4v) is 2.08. The number of unbranched alkanes of at least 4 members (excludes halogenated alkanes) is 1. The number of aliphatic hydroxyl groups is 1. The summed E-state index contributed by atoms with van der Waals surface area (Å²) in [6.07, 6.45) is 3.37. The molecule has 3 N–H and O–H groups in total. The molecule has 104 valence electrons. The number of nitrogens with zero attached hydrogens (tertiary/aromatic N) is 1. The van der Waals surface area contributed by atoms with E-state index in [9.17, 15) is 5.11 Å². The SMILES string of the molecule is CCCCN(C(C)CC)C(CO)C(N)COC. The van der Waals surface area contributed by atoms with E-state index in [2.05, 4.69) is 25.7 Å². The molecule has 3 atom stereocenters. The highest BCUT2D eigenvalue weighted by Gasteiger charge is 2.26. The van der Waals surface area contributed by atoms with Gasteiger partial charge in [0.05, 0.1) is 19.3 Å². The second-order valence-electron chi connectivity index (χ2n) is 4.72. The van der Waals surface area contributed by atoms with Gasteiger partial charge in [0.15, 0.2) is 0 Å². The van der Waals surface area contributed by atoms with Crippen molar-refractivity contribution in [2.75, 3.05) is 26.9 Å². The Bertz CT molecular complexity index is 179. The normalized spacial score (nSPS) is 17.1. The Labute approximate surface area is 106 Å². The van der Waals surface area contributed by atoms with Crippen LogP contribution >= 0.6 is 0 Å². The number of ether oxygens (including phenoxy) is 1. The molecule has 0 amide bonds. The average Bonchev–Trinajstić information content (AvgIpc) is 2.33. The summed E-state index contributed by atoms with van der Waals surface area (Å²) in [5.41, 5.74) is 6.08. The highest BCUT2D eigenvalue weighted by Crippen LogP contribution is 2.13. The summed E-state index contributed by atoms with van der Waals surface area (Å²) in [5, 5.41) is 9.56.